The Morgan fingerprint density at radius 2 is 1.09 bits per heavy atom. The van der Waals surface area contributed by atoms with Crippen LogP contribution in [0, 0.1) is 0 Å². The van der Waals surface area contributed by atoms with Crippen LogP contribution in [0.2, 0.25) is 0 Å². The average molecular weight is 1690 g/mol. The first-order chi connectivity index (χ1) is 56.1. The summed E-state index contributed by atoms with van der Waals surface area (Å²) in [4.78, 5) is 45.0. The topological polar surface area (TPSA) is 339 Å². The number of aromatic nitrogens is 5. The molecule has 1 amide bonds. The summed E-state index contributed by atoms with van der Waals surface area (Å²) in [6.45, 7) is 28.5. The zero-order valence-corrected chi connectivity index (χ0v) is 72.2. The maximum atomic E-state index is 13.9. The minimum absolute atomic E-state index is 0.0153. The van der Waals surface area contributed by atoms with Crippen LogP contribution in [-0.4, -0.2) is 123 Å². The Labute approximate surface area is 696 Å². The Bertz CT molecular complexity index is 5380. The molecular weight excluding hydrogens is 1590 g/mol. The molecule has 0 aliphatic carbocycles. The van der Waals surface area contributed by atoms with E-state index >= 15 is 0 Å². The van der Waals surface area contributed by atoms with Gasteiger partial charge in [-0.05, 0) is 149 Å². The van der Waals surface area contributed by atoms with Gasteiger partial charge in [0.05, 0.1) is 68.9 Å². The van der Waals surface area contributed by atoms with E-state index in [9.17, 15) is 34.8 Å². The van der Waals surface area contributed by atoms with Gasteiger partial charge in [-0.3, -0.25) is 19.0 Å². The summed E-state index contributed by atoms with van der Waals surface area (Å²) in [5, 5.41) is 6.97. The molecule has 1 aliphatic rings. The van der Waals surface area contributed by atoms with E-state index in [1.165, 1.54) is 25.2 Å². The Hall–Kier alpha value is -11.3. The number of rotatable bonds is 34. The number of anilines is 5. The summed E-state index contributed by atoms with van der Waals surface area (Å²) in [6, 6.07) is 49.1. The first kappa shape index (κ1) is 90.7. The van der Waals surface area contributed by atoms with Gasteiger partial charge in [0.25, 0.3) is 41.8 Å². The summed E-state index contributed by atoms with van der Waals surface area (Å²) in [5.74, 6) is 2.99. The Morgan fingerprint density at radius 3 is 1.65 bits per heavy atom. The summed E-state index contributed by atoms with van der Waals surface area (Å²) in [5.41, 5.74) is 4.45. The van der Waals surface area contributed by atoms with Gasteiger partial charge in [0.15, 0.2) is 34.7 Å². The fourth-order valence-corrected chi connectivity index (χ4v) is 15.6. The van der Waals surface area contributed by atoms with E-state index in [0.29, 0.717) is 92.2 Å². The molecule has 1 aliphatic heterocycles. The summed E-state index contributed by atoms with van der Waals surface area (Å²) in [7, 11) is -7.38. The summed E-state index contributed by atoms with van der Waals surface area (Å²) >= 11 is 1.33. The van der Waals surface area contributed by atoms with Crippen LogP contribution in [0.5, 0.6) is 52.0 Å². The fourth-order valence-electron chi connectivity index (χ4n) is 11.5. The highest BCUT2D eigenvalue weighted by Crippen LogP contribution is 2.44. The molecule has 11 rings (SSSR count). The molecule has 1 fully saturated rings. The normalized spacial score (nSPS) is 12.5. The SMILES string of the molecule is C=CCCCOc1ncnc(NS(=O)(=O)c2ccc(C(C)(C)C)cc2)c1Oc1cccc(OC)c1.COc1cccc(Sc2c(NS(=O)(=O)c3ccc(C(C)(C)C)cc3)noc2CCCC=O)c1.COc1ccccc1Oc1c(NS(=O)(=O)c2ccc(C(C)(C)C)cc2)nc(N2CCOCC2)nc1OCCC(=O)Nc1ccccc1C(C)C. The van der Waals surface area contributed by atoms with Crippen molar-refractivity contribution in [1.29, 1.82) is 0 Å². The Kier molecular flexibility index (Phi) is 31.7. The molecule has 0 atom stereocenters. The highest BCUT2D eigenvalue weighted by Gasteiger charge is 2.31. The lowest BCUT2D eigenvalue weighted by Crippen LogP contribution is -2.37. The monoisotopic (exact) mass is 1690 g/mol. The van der Waals surface area contributed by atoms with E-state index in [4.69, 9.17) is 42.4 Å². The summed E-state index contributed by atoms with van der Waals surface area (Å²) in [6.07, 6.45) is 6.74. The van der Waals surface area contributed by atoms with Crippen molar-refractivity contribution >= 4 is 83.1 Å². The van der Waals surface area contributed by atoms with E-state index in [2.05, 4.69) is 127 Å². The molecule has 0 unspecified atom stereocenters. The van der Waals surface area contributed by atoms with Crippen molar-refractivity contribution in [2.45, 2.75) is 161 Å². The molecule has 1 saturated heterocycles. The van der Waals surface area contributed by atoms with Gasteiger partial charge in [-0.25, -0.2) is 30.2 Å². The molecule has 10 aromatic rings. The highest BCUT2D eigenvalue weighted by atomic mass is 32.2. The maximum Gasteiger partial charge on any atom is 0.265 e. The van der Waals surface area contributed by atoms with E-state index in [-0.39, 0.29) is 108 Å². The van der Waals surface area contributed by atoms with Crippen molar-refractivity contribution in [3.05, 3.63) is 217 Å². The van der Waals surface area contributed by atoms with Crippen LogP contribution in [0.4, 0.5) is 29.1 Å². The van der Waals surface area contributed by atoms with Gasteiger partial charge in [0.2, 0.25) is 23.4 Å². The van der Waals surface area contributed by atoms with Gasteiger partial charge < -0.3 is 57.4 Å². The molecule has 0 bridgehead atoms. The number of para-hydroxylation sites is 3. The number of unbranched alkanes of at least 4 members (excludes halogenated alkanes) is 2. The predicted octanol–water partition coefficient (Wildman–Crippen LogP) is 17.9. The van der Waals surface area contributed by atoms with Crippen molar-refractivity contribution < 1.29 is 77.3 Å². The molecule has 0 radical (unpaired) electrons. The van der Waals surface area contributed by atoms with Gasteiger partial charge in [0, 0.05) is 42.6 Å². The lowest BCUT2D eigenvalue weighted by Gasteiger charge is -2.28. The third-order valence-corrected chi connectivity index (χ3v) is 23.3. The number of nitrogens with one attached hydrogen (secondary N) is 4. The van der Waals surface area contributed by atoms with Crippen molar-refractivity contribution in [3.63, 3.8) is 0 Å². The number of benzene rings is 7. The number of methoxy groups -OCH3 is 3. The molecule has 0 saturated carbocycles. The van der Waals surface area contributed by atoms with E-state index in [0.717, 1.165) is 45.5 Å². The fraction of sp³-hybridized carbons (Fsp3) is 0.345. The van der Waals surface area contributed by atoms with Crippen molar-refractivity contribution in [3.8, 4) is 52.0 Å². The molecule has 27 nitrogen and oxygen atoms in total. The number of sulfonamides is 3. The van der Waals surface area contributed by atoms with Crippen LogP contribution in [0.15, 0.2) is 218 Å². The zero-order valence-electron chi connectivity index (χ0n) is 68.9. The lowest BCUT2D eigenvalue weighted by molar-refractivity contribution is -0.116. The largest absolute Gasteiger partial charge is 0.497 e. The molecule has 0 spiro atoms. The molecule has 628 valence electrons. The smallest absolute Gasteiger partial charge is 0.265 e. The van der Waals surface area contributed by atoms with Gasteiger partial charge in [-0.1, -0.05) is 178 Å². The van der Waals surface area contributed by atoms with Crippen LogP contribution in [0.1, 0.15) is 142 Å². The van der Waals surface area contributed by atoms with Crippen molar-refractivity contribution in [2.75, 3.05) is 85.2 Å². The van der Waals surface area contributed by atoms with Gasteiger partial charge >= 0.3 is 0 Å². The Morgan fingerprint density at radius 1 is 0.568 bits per heavy atom. The number of carbonyl (C=O) groups is 2. The number of ether oxygens (including phenoxy) is 8. The van der Waals surface area contributed by atoms with Crippen LogP contribution in [0.3, 0.4) is 0 Å². The first-order valence-corrected chi connectivity index (χ1v) is 43.5. The van der Waals surface area contributed by atoms with Gasteiger partial charge in [0.1, 0.15) is 34.8 Å². The zero-order chi connectivity index (χ0) is 85.4. The number of aldehydes is 1. The van der Waals surface area contributed by atoms with Crippen molar-refractivity contribution in [1.82, 2.24) is 25.1 Å². The number of hydrogen-bond donors (Lipinski definition) is 4. The first-order valence-electron chi connectivity index (χ1n) is 38.3. The predicted molar refractivity (Wildman–Crippen MR) is 458 cm³/mol. The molecular formula is C87H104N10O17S4. The number of nitrogens with zero attached hydrogens (tertiary/aromatic N) is 6. The standard InChI is InChI=1S/C37H45N5O7S.C26H31N3O5S.C24H28N2O5S2/c1-25(2)28-11-7-8-12-29(28)38-32(43)19-22-48-35-33(49-31-14-10-9-13-30(31)46-6)34(39-36(40-35)42-20-23-47-24-21-42)41-50(44,45)27-17-15-26(16-18-27)37(3,4)5;1-6-7-8-16-33-25-23(34-21-11-9-10-20(17-21)32-5)24(27-18-28-25)29-35(30,31)22-14-12-19(13-15-22)26(2,3)4;1-24(2,3)17-11-13-20(14-12-17)33(28,29)26-23-22(21(31-25-23)10-5-6-15-27)32-19-9-7-8-18(16-19)30-4/h7-18,25H,19-24H2,1-6H3,(H,38,43)(H,39,40,41);6,9-15,17-18H,1,7-8,16H2,2-5H3,(H,27,28,29);7-9,11-16H,5-6,10H2,1-4H3,(H,25,26). The summed E-state index contributed by atoms with van der Waals surface area (Å²) < 4.78 is 139. The second-order valence-corrected chi connectivity index (χ2v) is 36.6. The number of carbonyl (C=O) groups excluding carboxylic acids is 2. The lowest BCUT2D eigenvalue weighted by atomic mass is 9.87. The Balaban J connectivity index is 0.000000208. The van der Waals surface area contributed by atoms with E-state index in [1.807, 2.05) is 65.6 Å². The third-order valence-electron chi connectivity index (χ3n) is 18.1. The number of amides is 1. The second-order valence-electron chi connectivity index (χ2n) is 30.4. The van der Waals surface area contributed by atoms with Crippen LogP contribution >= 0.6 is 11.8 Å². The third kappa shape index (κ3) is 25.6. The van der Waals surface area contributed by atoms with E-state index < -0.39 is 30.1 Å². The number of aryl methyl sites for hydroxylation is 1. The molecule has 7 aromatic carbocycles. The molecule has 4 heterocycles. The molecule has 118 heavy (non-hydrogen) atoms. The van der Waals surface area contributed by atoms with Gasteiger partial charge in [-0.2, -0.15) is 15.0 Å². The van der Waals surface area contributed by atoms with Gasteiger partial charge in [-0.15, -0.1) is 6.58 Å². The highest BCUT2D eigenvalue weighted by molar-refractivity contribution is 7.99. The minimum atomic E-state index is -4.16. The van der Waals surface area contributed by atoms with Crippen molar-refractivity contribution in [2.24, 2.45) is 0 Å². The van der Waals surface area contributed by atoms with E-state index in [1.54, 1.807) is 129 Å². The minimum Gasteiger partial charge on any atom is -0.497 e. The van der Waals surface area contributed by atoms with Crippen LogP contribution in [-0.2, 0) is 67.1 Å². The number of allylic oxidation sites excluding steroid dienone is 1. The molecule has 4 N–H and O–H groups in total. The van der Waals surface area contributed by atoms with Crippen LogP contribution < -0.4 is 57.5 Å². The number of hydrogen-bond acceptors (Lipinski definition) is 24. The number of morpholine rings is 1. The second kappa shape index (κ2) is 41.2. The van der Waals surface area contributed by atoms with Crippen LogP contribution in [0.25, 0.3) is 0 Å². The molecule has 31 heteroatoms. The molecule has 3 aromatic heterocycles. The average Bonchev–Trinajstić information content (AvgIpc) is 0.991. The quantitative estimate of drug-likeness (QED) is 0.0165. The maximum absolute atomic E-state index is 13.9.